The van der Waals surface area contributed by atoms with Gasteiger partial charge in [0.15, 0.2) is 0 Å². The lowest BCUT2D eigenvalue weighted by Gasteiger charge is -2.27. The van der Waals surface area contributed by atoms with Crippen LogP contribution in [0.25, 0.3) is 0 Å². The van der Waals surface area contributed by atoms with Gasteiger partial charge in [0.05, 0.1) is 26.0 Å². The van der Waals surface area contributed by atoms with E-state index in [2.05, 4.69) is 10.6 Å². The number of rotatable bonds is 7. The van der Waals surface area contributed by atoms with Gasteiger partial charge in [0.2, 0.25) is 5.91 Å². The molecule has 0 atom stereocenters. The van der Waals surface area contributed by atoms with Gasteiger partial charge in [-0.15, -0.1) is 12.4 Å². The maximum absolute atomic E-state index is 12.6. The average molecular weight is 372 g/mol. The van der Waals surface area contributed by atoms with E-state index in [1.807, 2.05) is 7.05 Å². The number of carbonyl (C=O) groups excluding carboxylic acids is 2. The van der Waals surface area contributed by atoms with Crippen molar-refractivity contribution in [2.75, 3.05) is 52.3 Å². The summed E-state index contributed by atoms with van der Waals surface area (Å²) in [5, 5.41) is 5.84. The predicted molar refractivity (Wildman–Crippen MR) is 98.8 cm³/mol. The molecule has 1 aliphatic heterocycles. The highest BCUT2D eigenvalue weighted by molar-refractivity contribution is 5.98. The van der Waals surface area contributed by atoms with E-state index in [0.29, 0.717) is 49.7 Å². The summed E-state index contributed by atoms with van der Waals surface area (Å²) in [6.45, 7) is 3.04. The third-order valence-electron chi connectivity index (χ3n) is 3.85. The zero-order chi connectivity index (χ0) is 17.4. The third-order valence-corrected chi connectivity index (χ3v) is 3.85. The highest BCUT2D eigenvalue weighted by Gasteiger charge is 2.20. The summed E-state index contributed by atoms with van der Waals surface area (Å²) in [6, 6.07) is 5.09. The average Bonchev–Trinajstić information content (AvgIpc) is 2.62. The zero-order valence-electron chi connectivity index (χ0n) is 14.7. The lowest BCUT2D eigenvalue weighted by molar-refractivity contribution is -0.116. The third kappa shape index (κ3) is 6.19. The molecule has 0 radical (unpaired) electrons. The molecule has 1 fully saturated rings. The van der Waals surface area contributed by atoms with E-state index in [1.165, 1.54) is 7.11 Å². The second-order valence-corrected chi connectivity index (χ2v) is 5.57. The molecule has 140 valence electrons. The molecule has 0 aromatic heterocycles. The number of nitrogens with one attached hydrogen (secondary N) is 2. The van der Waals surface area contributed by atoms with Crippen LogP contribution in [0.2, 0.25) is 0 Å². The largest absolute Gasteiger partial charge is 0.495 e. The molecule has 2 rings (SSSR count). The van der Waals surface area contributed by atoms with E-state index >= 15 is 0 Å². The minimum absolute atomic E-state index is 0. The maximum atomic E-state index is 12.6. The Balaban J connectivity index is 0.00000312. The summed E-state index contributed by atoms with van der Waals surface area (Å²) in [4.78, 5) is 26.3. The lowest BCUT2D eigenvalue weighted by atomic mass is 10.1. The van der Waals surface area contributed by atoms with Crippen LogP contribution < -0.4 is 15.4 Å². The molecule has 0 aliphatic carbocycles. The van der Waals surface area contributed by atoms with E-state index in [9.17, 15) is 9.59 Å². The quantitative estimate of drug-likeness (QED) is 0.710. The monoisotopic (exact) mass is 371 g/mol. The summed E-state index contributed by atoms with van der Waals surface area (Å²) in [5.74, 6) is 0.377. The minimum atomic E-state index is -0.0977. The fraction of sp³-hybridized carbons (Fsp3) is 0.529. The highest BCUT2D eigenvalue weighted by Crippen LogP contribution is 2.26. The number of amides is 2. The van der Waals surface area contributed by atoms with E-state index in [0.717, 1.165) is 13.0 Å². The van der Waals surface area contributed by atoms with E-state index in [4.69, 9.17) is 9.47 Å². The molecule has 25 heavy (non-hydrogen) atoms. The van der Waals surface area contributed by atoms with Crippen molar-refractivity contribution in [3.63, 3.8) is 0 Å². The number of anilines is 1. The molecule has 2 N–H and O–H groups in total. The van der Waals surface area contributed by atoms with Gasteiger partial charge >= 0.3 is 0 Å². The Morgan fingerprint density at radius 3 is 2.64 bits per heavy atom. The van der Waals surface area contributed by atoms with Crippen LogP contribution in [0.15, 0.2) is 18.2 Å². The molecule has 1 heterocycles. The van der Waals surface area contributed by atoms with Crippen LogP contribution in [0.3, 0.4) is 0 Å². The fourth-order valence-electron chi connectivity index (χ4n) is 2.53. The first kappa shape index (κ1) is 21.2. The van der Waals surface area contributed by atoms with E-state index in [-0.39, 0.29) is 24.2 Å². The van der Waals surface area contributed by atoms with Crippen molar-refractivity contribution in [2.24, 2.45) is 0 Å². The van der Waals surface area contributed by atoms with E-state index < -0.39 is 0 Å². The van der Waals surface area contributed by atoms with Crippen molar-refractivity contribution < 1.29 is 19.1 Å². The van der Waals surface area contributed by atoms with Crippen molar-refractivity contribution in [3.05, 3.63) is 23.8 Å². The topological polar surface area (TPSA) is 79.9 Å². The normalized spacial score (nSPS) is 13.8. The van der Waals surface area contributed by atoms with Gasteiger partial charge in [0.25, 0.3) is 5.91 Å². The number of methoxy groups -OCH3 is 1. The Morgan fingerprint density at radius 2 is 2.00 bits per heavy atom. The Bertz CT molecular complexity index is 577. The van der Waals surface area contributed by atoms with Crippen LogP contribution >= 0.6 is 12.4 Å². The molecular weight excluding hydrogens is 346 g/mol. The number of benzene rings is 1. The van der Waals surface area contributed by atoms with Crippen LogP contribution in [-0.2, 0) is 9.53 Å². The number of carbonyl (C=O) groups is 2. The van der Waals surface area contributed by atoms with Gasteiger partial charge in [-0.25, -0.2) is 0 Å². The van der Waals surface area contributed by atoms with Crippen molar-refractivity contribution in [1.82, 2.24) is 10.2 Å². The molecular formula is C17H26ClN3O4. The Hall–Kier alpha value is -1.83. The molecule has 1 aromatic rings. The van der Waals surface area contributed by atoms with Gasteiger partial charge in [-0.1, -0.05) is 0 Å². The first-order valence-corrected chi connectivity index (χ1v) is 8.15. The number of halogens is 1. The summed E-state index contributed by atoms with van der Waals surface area (Å²) < 4.78 is 10.5. The van der Waals surface area contributed by atoms with Crippen molar-refractivity contribution in [3.8, 4) is 5.75 Å². The van der Waals surface area contributed by atoms with Gasteiger partial charge in [-0.2, -0.15) is 0 Å². The standard InChI is InChI=1S/C17H25N3O4.ClH/c1-18-7-3-4-16(21)19-14-12-13(5-6-15(14)23-2)17(22)20-8-10-24-11-9-20;/h5-6,12,18H,3-4,7-11H2,1-2H3,(H,19,21);1H. The molecule has 1 aliphatic rings. The number of hydrogen-bond donors (Lipinski definition) is 2. The molecule has 0 saturated carbocycles. The van der Waals surface area contributed by atoms with Crippen LogP contribution in [0.1, 0.15) is 23.2 Å². The molecule has 1 aromatic carbocycles. The number of ether oxygens (including phenoxy) is 2. The summed E-state index contributed by atoms with van der Waals surface area (Å²) in [7, 11) is 3.39. The number of hydrogen-bond acceptors (Lipinski definition) is 5. The van der Waals surface area contributed by atoms with Gasteiger partial charge < -0.3 is 25.0 Å². The highest BCUT2D eigenvalue weighted by atomic mass is 35.5. The molecule has 2 amide bonds. The van der Waals surface area contributed by atoms with Gasteiger partial charge in [0.1, 0.15) is 5.75 Å². The van der Waals surface area contributed by atoms with Crippen LogP contribution in [0.4, 0.5) is 5.69 Å². The lowest BCUT2D eigenvalue weighted by Crippen LogP contribution is -2.40. The maximum Gasteiger partial charge on any atom is 0.254 e. The van der Waals surface area contributed by atoms with Crippen LogP contribution in [0, 0.1) is 0 Å². The van der Waals surface area contributed by atoms with Crippen LogP contribution in [0.5, 0.6) is 5.75 Å². The molecule has 0 bridgehead atoms. The Morgan fingerprint density at radius 1 is 1.28 bits per heavy atom. The first-order valence-electron chi connectivity index (χ1n) is 8.15. The van der Waals surface area contributed by atoms with Gasteiger partial charge in [-0.3, -0.25) is 9.59 Å². The summed E-state index contributed by atoms with van der Waals surface area (Å²) in [6.07, 6.45) is 1.16. The van der Waals surface area contributed by atoms with Gasteiger partial charge in [0, 0.05) is 25.1 Å². The van der Waals surface area contributed by atoms with E-state index in [1.54, 1.807) is 23.1 Å². The summed E-state index contributed by atoms with van der Waals surface area (Å²) >= 11 is 0. The fourth-order valence-corrected chi connectivity index (χ4v) is 2.53. The zero-order valence-corrected chi connectivity index (χ0v) is 15.5. The second-order valence-electron chi connectivity index (χ2n) is 5.57. The van der Waals surface area contributed by atoms with Crippen molar-refractivity contribution in [1.29, 1.82) is 0 Å². The first-order chi connectivity index (χ1) is 11.7. The second kappa shape index (κ2) is 10.9. The molecule has 0 spiro atoms. The Labute approximate surface area is 154 Å². The van der Waals surface area contributed by atoms with Gasteiger partial charge in [-0.05, 0) is 38.2 Å². The van der Waals surface area contributed by atoms with Crippen LogP contribution in [-0.4, -0.2) is 63.7 Å². The smallest absolute Gasteiger partial charge is 0.254 e. The Kier molecular flexibility index (Phi) is 9.26. The SMILES string of the molecule is CNCCCC(=O)Nc1cc(C(=O)N2CCOCC2)ccc1OC.Cl. The number of nitrogens with zero attached hydrogens (tertiary/aromatic N) is 1. The predicted octanol–water partition coefficient (Wildman–Crippen LogP) is 1.53. The molecule has 0 unspecified atom stereocenters. The summed E-state index contributed by atoms with van der Waals surface area (Å²) in [5.41, 5.74) is 1.05. The molecule has 8 heteroatoms. The van der Waals surface area contributed by atoms with Crippen molar-refractivity contribution in [2.45, 2.75) is 12.8 Å². The molecule has 7 nitrogen and oxygen atoms in total. The molecule has 1 saturated heterocycles. The number of morpholine rings is 1. The van der Waals surface area contributed by atoms with Crippen molar-refractivity contribution >= 4 is 29.9 Å². The minimum Gasteiger partial charge on any atom is -0.495 e.